The zero-order valence-corrected chi connectivity index (χ0v) is 11.2. The van der Waals surface area contributed by atoms with Gasteiger partial charge in [0.25, 0.3) is 0 Å². The Labute approximate surface area is 117 Å². The van der Waals surface area contributed by atoms with Gasteiger partial charge < -0.3 is 5.11 Å². The molecule has 0 aliphatic carbocycles. The van der Waals surface area contributed by atoms with Crippen LogP contribution in [-0.4, -0.2) is 21.7 Å². The summed E-state index contributed by atoms with van der Waals surface area (Å²) in [4.78, 5) is 8.06. The second-order valence-corrected chi connectivity index (χ2v) is 4.80. The zero-order valence-electron chi connectivity index (χ0n) is 10.4. The van der Waals surface area contributed by atoms with Crippen molar-refractivity contribution in [2.75, 3.05) is 6.61 Å². The minimum atomic E-state index is 0.112. The van der Waals surface area contributed by atoms with Crippen molar-refractivity contribution in [3.63, 3.8) is 0 Å². The van der Waals surface area contributed by atoms with E-state index in [1.807, 2.05) is 18.2 Å². The molecule has 1 aromatic carbocycles. The second kappa shape index (κ2) is 7.57. The third-order valence-corrected chi connectivity index (χ3v) is 3.38. The molecule has 0 fully saturated rings. The van der Waals surface area contributed by atoms with E-state index >= 15 is 0 Å². The highest BCUT2D eigenvalue weighted by atomic mass is 32.2. The maximum absolute atomic E-state index is 8.65. The fourth-order valence-corrected chi connectivity index (χ4v) is 2.21. The van der Waals surface area contributed by atoms with Crippen molar-refractivity contribution in [2.45, 2.75) is 17.2 Å². The number of nitrogens with zero attached hydrogens (tertiary/aromatic N) is 2. The van der Waals surface area contributed by atoms with Crippen LogP contribution < -0.4 is 0 Å². The zero-order chi connectivity index (χ0) is 13.3. The van der Waals surface area contributed by atoms with Crippen LogP contribution in [0.15, 0.2) is 47.9 Å². The van der Waals surface area contributed by atoms with E-state index in [0.717, 1.165) is 16.3 Å². The molecule has 4 heteroatoms. The first kappa shape index (κ1) is 13.6. The van der Waals surface area contributed by atoms with E-state index in [0.29, 0.717) is 6.42 Å². The van der Waals surface area contributed by atoms with Gasteiger partial charge in [0.05, 0.1) is 11.6 Å². The molecule has 0 unspecified atom stereocenters. The van der Waals surface area contributed by atoms with Gasteiger partial charge in [0, 0.05) is 23.9 Å². The molecule has 19 heavy (non-hydrogen) atoms. The van der Waals surface area contributed by atoms with E-state index < -0.39 is 0 Å². The molecule has 0 aliphatic rings. The van der Waals surface area contributed by atoms with E-state index in [4.69, 9.17) is 5.11 Å². The van der Waals surface area contributed by atoms with E-state index in [-0.39, 0.29) is 6.61 Å². The van der Waals surface area contributed by atoms with Gasteiger partial charge in [0.1, 0.15) is 6.33 Å². The van der Waals surface area contributed by atoms with Crippen LogP contribution in [0.5, 0.6) is 0 Å². The van der Waals surface area contributed by atoms with Crippen LogP contribution in [0.3, 0.4) is 0 Å². The first-order chi connectivity index (χ1) is 9.38. The van der Waals surface area contributed by atoms with Gasteiger partial charge in [-0.1, -0.05) is 24.0 Å². The van der Waals surface area contributed by atoms with E-state index in [1.165, 1.54) is 5.56 Å². The summed E-state index contributed by atoms with van der Waals surface area (Å²) in [5.74, 6) is 6.79. The number of aliphatic hydroxyl groups excluding tert-OH is 1. The average molecular weight is 270 g/mol. The van der Waals surface area contributed by atoms with Gasteiger partial charge in [-0.3, -0.25) is 0 Å². The molecule has 0 spiro atoms. The van der Waals surface area contributed by atoms with Crippen molar-refractivity contribution >= 4 is 11.8 Å². The number of rotatable bonds is 4. The van der Waals surface area contributed by atoms with Gasteiger partial charge in [0.2, 0.25) is 0 Å². The molecule has 0 atom stereocenters. The third-order valence-electron chi connectivity index (χ3n) is 2.37. The minimum absolute atomic E-state index is 0.112. The van der Waals surface area contributed by atoms with Gasteiger partial charge in [0.15, 0.2) is 0 Å². The highest BCUT2D eigenvalue weighted by molar-refractivity contribution is 7.98. The standard InChI is InChI=1S/C15H14N2OS/c18-10-2-1-3-13-4-6-14(7-5-13)11-19-15-8-9-16-12-17-15/h4-9,12,18H,2,10-11H2. The lowest BCUT2D eigenvalue weighted by molar-refractivity contribution is 0.305. The normalized spacial score (nSPS) is 9.74. The van der Waals surface area contributed by atoms with E-state index in [1.54, 1.807) is 24.3 Å². The molecular weight excluding hydrogens is 256 g/mol. The number of aliphatic hydroxyl groups is 1. The highest BCUT2D eigenvalue weighted by Crippen LogP contribution is 2.19. The molecule has 96 valence electrons. The minimum Gasteiger partial charge on any atom is -0.395 e. The number of thioether (sulfide) groups is 1. The van der Waals surface area contributed by atoms with E-state index in [9.17, 15) is 0 Å². The van der Waals surface area contributed by atoms with Crippen LogP contribution in [-0.2, 0) is 5.75 Å². The fraction of sp³-hybridized carbons (Fsp3) is 0.200. The molecular formula is C15H14N2OS. The van der Waals surface area contributed by atoms with E-state index in [2.05, 4.69) is 33.9 Å². The van der Waals surface area contributed by atoms with Crippen LogP contribution in [0.25, 0.3) is 0 Å². The first-order valence-corrected chi connectivity index (χ1v) is 6.94. The summed E-state index contributed by atoms with van der Waals surface area (Å²) < 4.78 is 0. The Morgan fingerprint density at radius 3 is 2.68 bits per heavy atom. The molecule has 2 aromatic rings. The molecule has 3 nitrogen and oxygen atoms in total. The van der Waals surface area contributed by atoms with Crippen LogP contribution in [0.4, 0.5) is 0 Å². The third kappa shape index (κ3) is 4.74. The number of hydrogen-bond donors (Lipinski definition) is 1. The molecule has 1 heterocycles. The number of aromatic nitrogens is 2. The Bertz CT molecular complexity index is 558. The van der Waals surface area contributed by atoms with Gasteiger partial charge in [-0.2, -0.15) is 0 Å². The monoisotopic (exact) mass is 270 g/mol. The summed E-state index contributed by atoms with van der Waals surface area (Å²) in [5.41, 5.74) is 2.21. The summed E-state index contributed by atoms with van der Waals surface area (Å²) in [6.07, 6.45) is 3.82. The number of benzene rings is 1. The molecule has 2 rings (SSSR count). The Hall–Kier alpha value is -1.83. The predicted octanol–water partition coefficient (Wildman–Crippen LogP) is 2.50. The maximum atomic E-state index is 8.65. The molecule has 0 bridgehead atoms. The Kier molecular flexibility index (Phi) is 5.42. The SMILES string of the molecule is OCCC#Cc1ccc(CSc2ccncn2)cc1. The second-order valence-electron chi connectivity index (χ2n) is 3.81. The molecule has 0 saturated carbocycles. The lowest BCUT2D eigenvalue weighted by Crippen LogP contribution is -1.84. The lowest BCUT2D eigenvalue weighted by atomic mass is 10.1. The molecule has 0 aliphatic heterocycles. The first-order valence-electron chi connectivity index (χ1n) is 5.96. The smallest absolute Gasteiger partial charge is 0.116 e. The van der Waals surface area contributed by atoms with Crippen molar-refractivity contribution < 1.29 is 5.11 Å². The summed E-state index contributed by atoms with van der Waals surface area (Å²) in [5, 5.41) is 9.62. The molecule has 0 saturated heterocycles. The Balaban J connectivity index is 1.91. The van der Waals surface area contributed by atoms with Crippen LogP contribution >= 0.6 is 11.8 Å². The van der Waals surface area contributed by atoms with Gasteiger partial charge in [-0.05, 0) is 23.8 Å². The van der Waals surface area contributed by atoms with Crippen molar-refractivity contribution in [2.24, 2.45) is 0 Å². The highest BCUT2D eigenvalue weighted by Gasteiger charge is 1.97. The summed E-state index contributed by atoms with van der Waals surface area (Å²) >= 11 is 1.68. The molecule has 0 radical (unpaired) electrons. The van der Waals surface area contributed by atoms with Crippen molar-refractivity contribution in [1.29, 1.82) is 0 Å². The summed E-state index contributed by atoms with van der Waals surface area (Å²) in [6, 6.07) is 10.0. The molecule has 1 aromatic heterocycles. The van der Waals surface area contributed by atoms with Crippen molar-refractivity contribution in [3.8, 4) is 11.8 Å². The van der Waals surface area contributed by atoms with Gasteiger partial charge in [-0.15, -0.1) is 11.8 Å². The van der Waals surface area contributed by atoms with Crippen LogP contribution in [0, 0.1) is 11.8 Å². The Morgan fingerprint density at radius 1 is 1.16 bits per heavy atom. The average Bonchev–Trinajstić information content (AvgIpc) is 2.48. The van der Waals surface area contributed by atoms with Crippen LogP contribution in [0.1, 0.15) is 17.5 Å². The van der Waals surface area contributed by atoms with Crippen molar-refractivity contribution in [3.05, 3.63) is 54.0 Å². The largest absolute Gasteiger partial charge is 0.395 e. The summed E-state index contributed by atoms with van der Waals surface area (Å²) in [6.45, 7) is 0.112. The Morgan fingerprint density at radius 2 is 2.00 bits per heavy atom. The lowest BCUT2D eigenvalue weighted by Gasteiger charge is -2.01. The summed E-state index contributed by atoms with van der Waals surface area (Å²) in [7, 11) is 0. The maximum Gasteiger partial charge on any atom is 0.116 e. The topological polar surface area (TPSA) is 46.0 Å². The molecule has 0 amide bonds. The van der Waals surface area contributed by atoms with Gasteiger partial charge >= 0.3 is 0 Å². The van der Waals surface area contributed by atoms with Gasteiger partial charge in [-0.25, -0.2) is 9.97 Å². The van der Waals surface area contributed by atoms with Crippen molar-refractivity contribution in [1.82, 2.24) is 9.97 Å². The molecule has 1 N–H and O–H groups in total. The fourth-order valence-electron chi connectivity index (χ4n) is 1.43. The predicted molar refractivity (Wildman–Crippen MR) is 76.6 cm³/mol. The number of hydrogen-bond acceptors (Lipinski definition) is 4. The quantitative estimate of drug-likeness (QED) is 0.527. The van der Waals surface area contributed by atoms with Crippen LogP contribution in [0.2, 0.25) is 0 Å².